The monoisotopic (exact) mass is 327 g/mol. The van der Waals surface area contributed by atoms with Gasteiger partial charge in [-0.1, -0.05) is 29.8 Å². The maximum atomic E-state index is 12.6. The minimum absolute atomic E-state index is 0.0183. The molecule has 0 spiro atoms. The predicted octanol–water partition coefficient (Wildman–Crippen LogP) is 2.04. The van der Waals surface area contributed by atoms with E-state index in [-0.39, 0.29) is 5.91 Å². The first-order valence-corrected chi connectivity index (χ1v) is 8.66. The van der Waals surface area contributed by atoms with E-state index in [0.717, 1.165) is 44.7 Å². The Hall–Kier alpha value is -2.21. The summed E-state index contributed by atoms with van der Waals surface area (Å²) >= 11 is 0. The van der Waals surface area contributed by atoms with E-state index in [4.69, 9.17) is 0 Å². The second-order valence-electron chi connectivity index (χ2n) is 6.43. The summed E-state index contributed by atoms with van der Waals surface area (Å²) in [5.41, 5.74) is 2.52. The van der Waals surface area contributed by atoms with E-state index in [2.05, 4.69) is 22.6 Å². The number of likely N-dealkylation sites (tertiary alicyclic amines) is 1. The lowest BCUT2D eigenvalue weighted by molar-refractivity contribution is 0.0684. The molecule has 0 bridgehead atoms. The summed E-state index contributed by atoms with van der Waals surface area (Å²) in [5, 5.41) is 11.6. The molecule has 24 heavy (non-hydrogen) atoms. The molecule has 1 aliphatic heterocycles. The Morgan fingerprint density at radius 3 is 2.62 bits per heavy atom. The molecule has 2 heterocycles. The zero-order valence-corrected chi connectivity index (χ0v) is 14.4. The van der Waals surface area contributed by atoms with E-state index >= 15 is 0 Å². The van der Waals surface area contributed by atoms with Gasteiger partial charge in [-0.25, -0.2) is 4.68 Å². The summed E-state index contributed by atoms with van der Waals surface area (Å²) in [6.07, 6.45) is 3.81. The van der Waals surface area contributed by atoms with Crippen LogP contribution in [-0.2, 0) is 0 Å². The average Bonchev–Trinajstić information content (AvgIpc) is 3.10. The second kappa shape index (κ2) is 7.57. The van der Waals surface area contributed by atoms with Gasteiger partial charge in [0, 0.05) is 13.1 Å². The lowest BCUT2D eigenvalue weighted by Crippen LogP contribution is -2.40. The van der Waals surface area contributed by atoms with Gasteiger partial charge in [0.2, 0.25) is 0 Å². The molecule has 1 N–H and O–H groups in total. The van der Waals surface area contributed by atoms with Crippen LogP contribution < -0.4 is 5.32 Å². The molecule has 0 unspecified atom stereocenters. The van der Waals surface area contributed by atoms with Gasteiger partial charge < -0.3 is 10.2 Å². The van der Waals surface area contributed by atoms with E-state index < -0.39 is 0 Å². The van der Waals surface area contributed by atoms with Crippen molar-refractivity contribution in [2.75, 3.05) is 26.2 Å². The molecule has 1 aromatic carbocycles. The third kappa shape index (κ3) is 3.82. The zero-order valence-electron chi connectivity index (χ0n) is 14.4. The number of aromatic nitrogens is 3. The maximum absolute atomic E-state index is 12.6. The van der Waals surface area contributed by atoms with Crippen LogP contribution in [0.25, 0.3) is 5.69 Å². The summed E-state index contributed by atoms with van der Waals surface area (Å²) in [4.78, 5) is 14.5. The van der Waals surface area contributed by atoms with Crippen molar-refractivity contribution in [3.05, 3.63) is 41.7 Å². The summed E-state index contributed by atoms with van der Waals surface area (Å²) in [5.74, 6) is 0.646. The van der Waals surface area contributed by atoms with Crippen molar-refractivity contribution >= 4 is 5.91 Å². The number of aryl methyl sites for hydroxylation is 1. The molecule has 3 rings (SSSR count). The van der Waals surface area contributed by atoms with Gasteiger partial charge in [0.15, 0.2) is 5.69 Å². The largest absolute Gasteiger partial charge is 0.337 e. The van der Waals surface area contributed by atoms with Crippen molar-refractivity contribution in [1.82, 2.24) is 25.2 Å². The van der Waals surface area contributed by atoms with E-state index in [9.17, 15) is 4.79 Å². The van der Waals surface area contributed by atoms with Crippen LogP contribution in [0, 0.1) is 12.8 Å². The molecule has 0 saturated carbocycles. The molecular formula is C18H25N5O. The second-order valence-corrected chi connectivity index (χ2v) is 6.43. The van der Waals surface area contributed by atoms with Crippen LogP contribution in [0.1, 0.15) is 35.8 Å². The number of nitrogens with zero attached hydrogens (tertiary/aromatic N) is 4. The van der Waals surface area contributed by atoms with Crippen LogP contribution in [-0.4, -0.2) is 52.0 Å². The molecular weight excluding hydrogens is 302 g/mol. The summed E-state index contributed by atoms with van der Waals surface area (Å²) in [6, 6.07) is 8.00. The van der Waals surface area contributed by atoms with Crippen molar-refractivity contribution in [3.8, 4) is 5.69 Å². The number of nitrogens with one attached hydrogen (secondary N) is 1. The Morgan fingerprint density at radius 2 is 1.96 bits per heavy atom. The molecule has 0 atom stereocenters. The Bertz CT molecular complexity index is 671. The minimum atomic E-state index is -0.0183. The first-order chi connectivity index (χ1) is 11.7. The molecule has 0 radical (unpaired) electrons. The Kier molecular flexibility index (Phi) is 5.25. The van der Waals surface area contributed by atoms with Gasteiger partial charge in [-0.15, -0.1) is 5.10 Å². The smallest absolute Gasteiger partial charge is 0.276 e. The molecule has 0 aliphatic carbocycles. The summed E-state index contributed by atoms with van der Waals surface area (Å²) in [6.45, 7) is 7.80. The fourth-order valence-corrected chi connectivity index (χ4v) is 3.04. The van der Waals surface area contributed by atoms with Crippen LogP contribution in [0.5, 0.6) is 0 Å². The topological polar surface area (TPSA) is 63.1 Å². The summed E-state index contributed by atoms with van der Waals surface area (Å²) < 4.78 is 1.66. The number of hydrogen-bond donors (Lipinski definition) is 1. The molecule has 6 heteroatoms. The van der Waals surface area contributed by atoms with E-state index in [1.54, 1.807) is 10.9 Å². The molecule has 1 aliphatic rings. The van der Waals surface area contributed by atoms with E-state index in [0.29, 0.717) is 11.6 Å². The molecule has 6 nitrogen and oxygen atoms in total. The van der Waals surface area contributed by atoms with Crippen LogP contribution in [0.3, 0.4) is 0 Å². The SMILES string of the molecule is CCNCC1CCN(C(=O)c2cn(-c3ccc(C)cc3)nn2)CC1. The van der Waals surface area contributed by atoms with Crippen LogP contribution in [0.4, 0.5) is 0 Å². The van der Waals surface area contributed by atoms with Gasteiger partial charge in [0.25, 0.3) is 5.91 Å². The van der Waals surface area contributed by atoms with Crippen molar-refractivity contribution in [2.24, 2.45) is 5.92 Å². The first-order valence-electron chi connectivity index (χ1n) is 8.66. The molecule has 128 valence electrons. The number of piperidine rings is 1. The molecule has 1 fully saturated rings. The number of benzene rings is 1. The number of carbonyl (C=O) groups is 1. The zero-order chi connectivity index (χ0) is 16.9. The minimum Gasteiger partial charge on any atom is -0.337 e. The van der Waals surface area contributed by atoms with Crippen molar-refractivity contribution in [1.29, 1.82) is 0 Å². The van der Waals surface area contributed by atoms with Crippen molar-refractivity contribution < 1.29 is 4.79 Å². The Labute approximate surface area is 142 Å². The lowest BCUT2D eigenvalue weighted by Gasteiger charge is -2.31. The quantitative estimate of drug-likeness (QED) is 0.913. The number of amides is 1. The van der Waals surface area contributed by atoms with Crippen molar-refractivity contribution in [2.45, 2.75) is 26.7 Å². The highest BCUT2D eigenvalue weighted by Crippen LogP contribution is 2.18. The first kappa shape index (κ1) is 16.6. The molecule has 1 saturated heterocycles. The van der Waals surface area contributed by atoms with Gasteiger partial charge in [0.1, 0.15) is 0 Å². The highest BCUT2D eigenvalue weighted by Gasteiger charge is 2.25. The Morgan fingerprint density at radius 1 is 1.25 bits per heavy atom. The maximum Gasteiger partial charge on any atom is 0.276 e. The lowest BCUT2D eigenvalue weighted by atomic mass is 9.96. The standard InChI is InChI=1S/C18H25N5O/c1-3-19-12-15-8-10-22(11-9-15)18(24)17-13-23(21-20-17)16-6-4-14(2)5-7-16/h4-7,13,15,19H,3,8-12H2,1-2H3. The van der Waals surface area contributed by atoms with Gasteiger partial charge in [-0.2, -0.15) is 0 Å². The summed E-state index contributed by atoms with van der Waals surface area (Å²) in [7, 11) is 0. The average molecular weight is 327 g/mol. The third-order valence-corrected chi connectivity index (χ3v) is 4.60. The number of hydrogen-bond acceptors (Lipinski definition) is 4. The fraction of sp³-hybridized carbons (Fsp3) is 0.500. The van der Waals surface area contributed by atoms with Crippen LogP contribution >= 0.6 is 0 Å². The molecule has 1 aromatic heterocycles. The van der Waals surface area contributed by atoms with Gasteiger partial charge in [0.05, 0.1) is 11.9 Å². The fourth-order valence-electron chi connectivity index (χ4n) is 3.04. The predicted molar refractivity (Wildman–Crippen MR) is 93.3 cm³/mol. The van der Waals surface area contributed by atoms with Crippen molar-refractivity contribution in [3.63, 3.8) is 0 Å². The Balaban J connectivity index is 1.61. The molecule has 2 aromatic rings. The van der Waals surface area contributed by atoms with Crippen LogP contribution in [0.15, 0.2) is 30.5 Å². The van der Waals surface area contributed by atoms with Gasteiger partial charge >= 0.3 is 0 Å². The molecule has 1 amide bonds. The van der Waals surface area contributed by atoms with Gasteiger partial charge in [-0.05, 0) is 50.9 Å². The van der Waals surface area contributed by atoms with Crippen LogP contribution in [0.2, 0.25) is 0 Å². The highest BCUT2D eigenvalue weighted by atomic mass is 16.2. The third-order valence-electron chi connectivity index (χ3n) is 4.60. The van der Waals surface area contributed by atoms with E-state index in [1.807, 2.05) is 36.1 Å². The van der Waals surface area contributed by atoms with E-state index in [1.165, 1.54) is 5.56 Å². The number of rotatable bonds is 5. The highest BCUT2D eigenvalue weighted by molar-refractivity contribution is 5.92. The normalized spacial score (nSPS) is 15.7. The number of carbonyl (C=O) groups excluding carboxylic acids is 1. The van der Waals surface area contributed by atoms with Gasteiger partial charge in [-0.3, -0.25) is 4.79 Å².